The summed E-state index contributed by atoms with van der Waals surface area (Å²) >= 11 is 5.48. The molecule has 88 valence electrons. The zero-order valence-corrected chi connectivity index (χ0v) is 9.30. The van der Waals surface area contributed by atoms with E-state index in [4.69, 9.17) is 16.3 Å². The number of aromatic nitrogens is 1. The van der Waals surface area contributed by atoms with Gasteiger partial charge in [-0.15, -0.1) is 11.6 Å². The van der Waals surface area contributed by atoms with E-state index in [2.05, 4.69) is 4.98 Å². The van der Waals surface area contributed by atoms with Crippen LogP contribution in [0.2, 0.25) is 0 Å². The molecule has 1 heterocycles. The summed E-state index contributed by atoms with van der Waals surface area (Å²) in [6, 6.07) is 2.34. The molecule has 0 fully saturated rings. The molecule has 0 spiro atoms. The highest BCUT2D eigenvalue weighted by molar-refractivity contribution is 6.17. The van der Waals surface area contributed by atoms with Crippen molar-refractivity contribution < 1.29 is 18.3 Å². The third kappa shape index (κ3) is 2.88. The molecular weight excluding hydrogens is 240 g/mol. The lowest BCUT2D eigenvalue weighted by Crippen LogP contribution is -2.09. The second-order valence-electron chi connectivity index (χ2n) is 2.89. The van der Waals surface area contributed by atoms with Crippen LogP contribution in [0.5, 0.6) is 0 Å². The Hall–Kier alpha value is -1.23. The molecule has 1 rings (SSSR count). The number of rotatable bonds is 4. The zero-order chi connectivity index (χ0) is 12.1. The first-order valence-corrected chi connectivity index (χ1v) is 5.14. The summed E-state index contributed by atoms with van der Waals surface area (Å²) in [6.07, 6.45) is -2.66. The fourth-order valence-corrected chi connectivity index (χ4v) is 1.35. The van der Waals surface area contributed by atoms with Crippen LogP contribution in [0.3, 0.4) is 0 Å². The van der Waals surface area contributed by atoms with Crippen molar-refractivity contribution in [3.05, 3.63) is 29.1 Å². The Morgan fingerprint density at radius 1 is 1.56 bits per heavy atom. The molecule has 0 unspecified atom stereocenters. The summed E-state index contributed by atoms with van der Waals surface area (Å²) in [4.78, 5) is 15.0. The minimum absolute atomic E-state index is 0.00206. The maximum absolute atomic E-state index is 12.5. The molecule has 1 aromatic rings. The molecule has 0 bridgehead atoms. The molecule has 1 aromatic heterocycles. The van der Waals surface area contributed by atoms with E-state index in [9.17, 15) is 13.6 Å². The number of esters is 1. The van der Waals surface area contributed by atoms with Crippen molar-refractivity contribution in [1.82, 2.24) is 4.98 Å². The standard InChI is InChI=1S/C10H10ClF2NO2/c1-2-16-10(15)7-4-3-6(9(12)13)8(5-11)14-7/h3-4,9H,2,5H2,1H3. The Kier molecular flexibility index (Phi) is 4.61. The summed E-state index contributed by atoms with van der Waals surface area (Å²) in [5.41, 5.74) is -0.271. The van der Waals surface area contributed by atoms with Gasteiger partial charge in [0.15, 0.2) is 0 Å². The van der Waals surface area contributed by atoms with E-state index in [1.807, 2.05) is 0 Å². The minimum atomic E-state index is -2.66. The van der Waals surface area contributed by atoms with Crippen LogP contribution in [0.1, 0.15) is 35.1 Å². The van der Waals surface area contributed by atoms with E-state index in [-0.39, 0.29) is 29.4 Å². The highest BCUT2D eigenvalue weighted by atomic mass is 35.5. The Morgan fingerprint density at radius 2 is 2.25 bits per heavy atom. The molecule has 0 atom stereocenters. The van der Waals surface area contributed by atoms with Gasteiger partial charge in [-0.25, -0.2) is 18.6 Å². The van der Waals surface area contributed by atoms with E-state index in [0.717, 1.165) is 6.07 Å². The number of pyridine rings is 1. The number of hydrogen-bond donors (Lipinski definition) is 0. The largest absolute Gasteiger partial charge is 0.461 e. The van der Waals surface area contributed by atoms with Crippen molar-refractivity contribution >= 4 is 17.6 Å². The van der Waals surface area contributed by atoms with Crippen molar-refractivity contribution in [2.45, 2.75) is 19.2 Å². The minimum Gasteiger partial charge on any atom is -0.461 e. The van der Waals surface area contributed by atoms with E-state index >= 15 is 0 Å². The predicted molar refractivity (Wildman–Crippen MR) is 54.7 cm³/mol. The molecule has 0 N–H and O–H groups in total. The molecule has 0 saturated carbocycles. The average Bonchev–Trinajstić information content (AvgIpc) is 2.28. The molecule has 0 aliphatic rings. The van der Waals surface area contributed by atoms with Crippen LogP contribution in [0.4, 0.5) is 8.78 Å². The van der Waals surface area contributed by atoms with Gasteiger partial charge < -0.3 is 4.74 Å². The molecule has 0 radical (unpaired) electrons. The number of carbonyl (C=O) groups excluding carboxylic acids is 1. The number of carbonyl (C=O) groups is 1. The number of hydrogen-bond acceptors (Lipinski definition) is 3. The van der Waals surface area contributed by atoms with E-state index < -0.39 is 12.4 Å². The van der Waals surface area contributed by atoms with Crippen LogP contribution in [-0.2, 0) is 10.6 Å². The van der Waals surface area contributed by atoms with Gasteiger partial charge in [0.25, 0.3) is 6.43 Å². The van der Waals surface area contributed by atoms with E-state index in [0.29, 0.717) is 0 Å². The van der Waals surface area contributed by atoms with Gasteiger partial charge in [-0.2, -0.15) is 0 Å². The number of ether oxygens (including phenoxy) is 1. The highest BCUT2D eigenvalue weighted by Crippen LogP contribution is 2.23. The molecule has 16 heavy (non-hydrogen) atoms. The van der Waals surface area contributed by atoms with Crippen molar-refractivity contribution in [2.24, 2.45) is 0 Å². The summed E-state index contributed by atoms with van der Waals surface area (Å²) in [5, 5.41) is 0. The molecule has 0 aliphatic heterocycles. The number of halogens is 3. The van der Waals surface area contributed by atoms with Crippen LogP contribution < -0.4 is 0 Å². The summed E-state index contributed by atoms with van der Waals surface area (Å²) < 4.78 is 29.7. The first kappa shape index (κ1) is 12.8. The van der Waals surface area contributed by atoms with Gasteiger partial charge in [-0.05, 0) is 19.1 Å². The third-order valence-corrected chi connectivity index (χ3v) is 2.11. The van der Waals surface area contributed by atoms with Crippen LogP contribution in [-0.4, -0.2) is 17.6 Å². The van der Waals surface area contributed by atoms with Gasteiger partial charge in [0.2, 0.25) is 0 Å². The maximum atomic E-state index is 12.5. The molecule has 0 amide bonds. The quantitative estimate of drug-likeness (QED) is 0.608. The van der Waals surface area contributed by atoms with Crippen LogP contribution in [0.15, 0.2) is 12.1 Å². The third-order valence-electron chi connectivity index (χ3n) is 1.86. The van der Waals surface area contributed by atoms with Gasteiger partial charge in [-0.1, -0.05) is 0 Å². The Labute approximate surface area is 96.4 Å². The normalized spacial score (nSPS) is 10.6. The number of nitrogens with zero attached hydrogens (tertiary/aromatic N) is 1. The Balaban J connectivity index is 3.04. The lowest BCUT2D eigenvalue weighted by atomic mass is 10.2. The SMILES string of the molecule is CCOC(=O)c1ccc(C(F)F)c(CCl)n1. The summed E-state index contributed by atoms with van der Waals surface area (Å²) in [7, 11) is 0. The molecule has 0 aromatic carbocycles. The second-order valence-corrected chi connectivity index (χ2v) is 3.15. The van der Waals surface area contributed by atoms with Gasteiger partial charge in [0.05, 0.1) is 18.2 Å². The van der Waals surface area contributed by atoms with Crippen molar-refractivity contribution in [3.8, 4) is 0 Å². The topological polar surface area (TPSA) is 39.2 Å². The Bertz CT molecular complexity index is 385. The summed E-state index contributed by atoms with van der Waals surface area (Å²) in [6.45, 7) is 1.85. The number of alkyl halides is 3. The molecule has 6 heteroatoms. The van der Waals surface area contributed by atoms with Gasteiger partial charge in [0.1, 0.15) is 5.69 Å². The first-order chi connectivity index (χ1) is 7.60. The maximum Gasteiger partial charge on any atom is 0.356 e. The van der Waals surface area contributed by atoms with Gasteiger partial charge >= 0.3 is 5.97 Å². The van der Waals surface area contributed by atoms with Crippen molar-refractivity contribution in [2.75, 3.05) is 6.61 Å². The summed E-state index contributed by atoms with van der Waals surface area (Å²) in [5.74, 6) is -0.818. The smallest absolute Gasteiger partial charge is 0.356 e. The van der Waals surface area contributed by atoms with Gasteiger partial charge in [-0.3, -0.25) is 0 Å². The van der Waals surface area contributed by atoms with Crippen LogP contribution >= 0.6 is 11.6 Å². The van der Waals surface area contributed by atoms with Crippen LogP contribution in [0, 0.1) is 0 Å². The lowest BCUT2D eigenvalue weighted by Gasteiger charge is -2.07. The van der Waals surface area contributed by atoms with E-state index in [1.54, 1.807) is 6.92 Å². The predicted octanol–water partition coefficient (Wildman–Crippen LogP) is 2.93. The fraction of sp³-hybridized carbons (Fsp3) is 0.400. The molecular formula is C10H10ClF2NO2. The average molecular weight is 250 g/mol. The second kappa shape index (κ2) is 5.75. The van der Waals surface area contributed by atoms with E-state index in [1.165, 1.54) is 6.07 Å². The van der Waals surface area contributed by atoms with Crippen molar-refractivity contribution in [3.63, 3.8) is 0 Å². The lowest BCUT2D eigenvalue weighted by molar-refractivity contribution is 0.0518. The zero-order valence-electron chi connectivity index (χ0n) is 8.54. The first-order valence-electron chi connectivity index (χ1n) is 4.61. The fourth-order valence-electron chi connectivity index (χ4n) is 1.14. The molecule has 3 nitrogen and oxygen atoms in total. The van der Waals surface area contributed by atoms with Crippen LogP contribution in [0.25, 0.3) is 0 Å². The monoisotopic (exact) mass is 249 g/mol. The molecule has 0 aliphatic carbocycles. The highest BCUT2D eigenvalue weighted by Gasteiger charge is 2.17. The van der Waals surface area contributed by atoms with Gasteiger partial charge in [0, 0.05) is 5.56 Å². The van der Waals surface area contributed by atoms with Crippen molar-refractivity contribution in [1.29, 1.82) is 0 Å². The molecule has 0 saturated heterocycles. The Morgan fingerprint density at radius 3 is 2.75 bits per heavy atom.